The minimum atomic E-state index is -0.523. The fourth-order valence-corrected chi connectivity index (χ4v) is 4.10. The second-order valence-electron chi connectivity index (χ2n) is 7.09. The van der Waals surface area contributed by atoms with Crippen LogP contribution < -0.4 is 10.1 Å². The molecule has 8 nitrogen and oxygen atoms in total. The highest BCUT2D eigenvalue weighted by Gasteiger charge is 2.36. The topological polar surface area (TPSA) is 101 Å². The van der Waals surface area contributed by atoms with E-state index in [2.05, 4.69) is 5.32 Å². The fourth-order valence-electron chi connectivity index (χ4n) is 3.28. The molecule has 3 amide bonds. The first-order chi connectivity index (χ1) is 15.9. The SMILES string of the molecule is CCOc1ccc(NC(=O)CN2C(=O)S/C(=C\c3cccn3-c3ccc(O)cc3)C2=O)cc1. The van der Waals surface area contributed by atoms with Crippen LogP contribution in [0.4, 0.5) is 10.5 Å². The van der Waals surface area contributed by atoms with Gasteiger partial charge < -0.3 is 19.7 Å². The molecule has 9 heteroatoms. The summed E-state index contributed by atoms with van der Waals surface area (Å²) >= 11 is 0.791. The van der Waals surface area contributed by atoms with Gasteiger partial charge in [0.25, 0.3) is 11.1 Å². The van der Waals surface area contributed by atoms with Crippen molar-refractivity contribution in [3.8, 4) is 17.2 Å². The molecule has 4 rings (SSSR count). The molecule has 2 heterocycles. The van der Waals surface area contributed by atoms with Crippen LogP contribution >= 0.6 is 11.8 Å². The summed E-state index contributed by atoms with van der Waals surface area (Å²) in [5.41, 5.74) is 2.01. The van der Waals surface area contributed by atoms with Crippen molar-refractivity contribution in [2.75, 3.05) is 18.5 Å². The third-order valence-corrected chi connectivity index (χ3v) is 5.72. The average molecular weight is 464 g/mol. The Morgan fingerprint density at radius 1 is 1.09 bits per heavy atom. The maximum atomic E-state index is 12.8. The second-order valence-corrected chi connectivity index (χ2v) is 8.09. The number of aromatic nitrogens is 1. The Balaban J connectivity index is 1.45. The molecular weight excluding hydrogens is 442 g/mol. The Bertz CT molecular complexity index is 1220. The number of nitrogens with zero attached hydrogens (tertiary/aromatic N) is 2. The van der Waals surface area contributed by atoms with Gasteiger partial charge in [0.05, 0.1) is 11.5 Å². The molecule has 2 aromatic carbocycles. The first-order valence-corrected chi connectivity index (χ1v) is 11.0. The number of amides is 3. The summed E-state index contributed by atoms with van der Waals surface area (Å²) in [7, 11) is 0. The smallest absolute Gasteiger partial charge is 0.294 e. The Hall–Kier alpha value is -3.98. The third-order valence-electron chi connectivity index (χ3n) is 4.81. The predicted octanol–water partition coefficient (Wildman–Crippen LogP) is 4.26. The number of ether oxygens (including phenoxy) is 1. The number of anilines is 1. The maximum Gasteiger partial charge on any atom is 0.294 e. The monoisotopic (exact) mass is 463 g/mol. The summed E-state index contributed by atoms with van der Waals surface area (Å²) in [6, 6.07) is 17.1. The molecule has 0 unspecified atom stereocenters. The number of phenols is 1. The van der Waals surface area contributed by atoms with E-state index in [9.17, 15) is 19.5 Å². The van der Waals surface area contributed by atoms with Gasteiger partial charge in [-0.3, -0.25) is 19.3 Å². The van der Waals surface area contributed by atoms with Crippen LogP contribution in [0, 0.1) is 0 Å². The van der Waals surface area contributed by atoms with E-state index >= 15 is 0 Å². The van der Waals surface area contributed by atoms with Gasteiger partial charge in [-0.1, -0.05) is 0 Å². The van der Waals surface area contributed by atoms with E-state index in [1.807, 2.05) is 23.8 Å². The molecule has 1 aromatic heterocycles. The Labute approximate surface area is 194 Å². The summed E-state index contributed by atoms with van der Waals surface area (Å²) in [4.78, 5) is 38.8. The molecule has 33 heavy (non-hydrogen) atoms. The highest BCUT2D eigenvalue weighted by molar-refractivity contribution is 8.18. The van der Waals surface area contributed by atoms with E-state index in [-0.39, 0.29) is 17.2 Å². The van der Waals surface area contributed by atoms with Gasteiger partial charge in [0.1, 0.15) is 18.0 Å². The van der Waals surface area contributed by atoms with Gasteiger partial charge in [0, 0.05) is 23.3 Å². The minimum absolute atomic E-state index is 0.150. The molecule has 0 spiro atoms. The maximum absolute atomic E-state index is 12.8. The fraction of sp³-hybridized carbons (Fsp3) is 0.125. The quantitative estimate of drug-likeness (QED) is 0.508. The lowest BCUT2D eigenvalue weighted by molar-refractivity contribution is -0.127. The number of hydrogen-bond donors (Lipinski definition) is 2. The normalized spacial score (nSPS) is 14.7. The number of carbonyl (C=O) groups is 3. The van der Waals surface area contributed by atoms with Gasteiger partial charge in [-0.15, -0.1) is 0 Å². The van der Waals surface area contributed by atoms with Crippen LogP contribution in [0.1, 0.15) is 12.6 Å². The van der Waals surface area contributed by atoms with E-state index in [0.717, 1.165) is 22.3 Å². The average Bonchev–Trinajstić information content (AvgIpc) is 3.36. The van der Waals surface area contributed by atoms with Crippen LogP contribution in [0.3, 0.4) is 0 Å². The van der Waals surface area contributed by atoms with Crippen molar-refractivity contribution in [1.82, 2.24) is 9.47 Å². The Kier molecular flexibility index (Phi) is 6.50. The molecule has 1 aliphatic rings. The molecule has 1 aliphatic heterocycles. The van der Waals surface area contributed by atoms with Crippen molar-refractivity contribution in [2.24, 2.45) is 0 Å². The molecular formula is C24H21N3O5S. The lowest BCUT2D eigenvalue weighted by Gasteiger charge is -2.13. The Morgan fingerprint density at radius 3 is 2.52 bits per heavy atom. The van der Waals surface area contributed by atoms with E-state index in [4.69, 9.17) is 4.74 Å². The molecule has 1 fully saturated rings. The number of thioether (sulfide) groups is 1. The zero-order valence-corrected chi connectivity index (χ0v) is 18.5. The van der Waals surface area contributed by atoms with Crippen molar-refractivity contribution in [2.45, 2.75) is 6.92 Å². The van der Waals surface area contributed by atoms with Gasteiger partial charge in [0.2, 0.25) is 5.91 Å². The third kappa shape index (κ3) is 5.09. The van der Waals surface area contributed by atoms with E-state index in [1.54, 1.807) is 60.7 Å². The number of benzene rings is 2. The highest BCUT2D eigenvalue weighted by Crippen LogP contribution is 2.32. The second kappa shape index (κ2) is 9.66. The predicted molar refractivity (Wildman–Crippen MR) is 126 cm³/mol. The largest absolute Gasteiger partial charge is 0.508 e. The van der Waals surface area contributed by atoms with E-state index < -0.39 is 17.1 Å². The van der Waals surface area contributed by atoms with Crippen molar-refractivity contribution >= 4 is 40.6 Å². The van der Waals surface area contributed by atoms with Gasteiger partial charge >= 0.3 is 0 Å². The van der Waals surface area contributed by atoms with Crippen molar-refractivity contribution in [1.29, 1.82) is 0 Å². The van der Waals surface area contributed by atoms with Crippen LogP contribution in [-0.4, -0.2) is 44.8 Å². The summed E-state index contributed by atoms with van der Waals surface area (Å²) in [5, 5.41) is 11.7. The van der Waals surface area contributed by atoms with Crippen LogP contribution in [0.15, 0.2) is 71.8 Å². The molecule has 168 valence electrons. The first kappa shape index (κ1) is 22.2. The van der Waals surface area contributed by atoms with Crippen LogP contribution in [-0.2, 0) is 9.59 Å². The lowest BCUT2D eigenvalue weighted by atomic mass is 10.3. The van der Waals surface area contributed by atoms with E-state index in [0.29, 0.717) is 23.7 Å². The molecule has 0 atom stereocenters. The molecule has 3 aromatic rings. The number of phenolic OH excluding ortho intramolecular Hbond substituents is 1. The standard InChI is InChI=1S/C24H21N3O5S/c1-2-32-20-11-5-16(6-12-20)25-22(29)15-27-23(30)21(33-24(27)31)14-18-4-3-13-26(18)17-7-9-19(28)10-8-17/h3-14,28H,2,15H2,1H3,(H,25,29)/b21-14-. The highest BCUT2D eigenvalue weighted by atomic mass is 32.2. The van der Waals surface area contributed by atoms with Gasteiger partial charge in [-0.05, 0) is 85.4 Å². The molecule has 0 saturated carbocycles. The van der Waals surface area contributed by atoms with Crippen molar-refractivity contribution in [3.63, 3.8) is 0 Å². The summed E-state index contributed by atoms with van der Waals surface area (Å²) in [5.74, 6) is -0.166. The van der Waals surface area contributed by atoms with Gasteiger partial charge in [-0.25, -0.2) is 0 Å². The summed E-state index contributed by atoms with van der Waals surface area (Å²) < 4.78 is 7.19. The number of hydrogen-bond acceptors (Lipinski definition) is 6. The van der Waals surface area contributed by atoms with Crippen LogP contribution in [0.5, 0.6) is 11.5 Å². The summed E-state index contributed by atoms with van der Waals surface area (Å²) in [6.07, 6.45) is 3.43. The zero-order valence-electron chi connectivity index (χ0n) is 17.7. The number of rotatable bonds is 7. The van der Waals surface area contributed by atoms with E-state index in [1.165, 1.54) is 0 Å². The molecule has 2 N–H and O–H groups in total. The number of carbonyl (C=O) groups excluding carboxylic acids is 3. The molecule has 0 aliphatic carbocycles. The molecule has 0 radical (unpaired) electrons. The zero-order chi connectivity index (χ0) is 23.4. The first-order valence-electron chi connectivity index (χ1n) is 10.2. The van der Waals surface area contributed by atoms with Crippen LogP contribution in [0.2, 0.25) is 0 Å². The number of aromatic hydroxyl groups is 1. The Morgan fingerprint density at radius 2 is 1.82 bits per heavy atom. The van der Waals surface area contributed by atoms with Gasteiger partial charge in [-0.2, -0.15) is 0 Å². The number of imide groups is 1. The number of nitrogens with one attached hydrogen (secondary N) is 1. The van der Waals surface area contributed by atoms with Crippen LogP contribution in [0.25, 0.3) is 11.8 Å². The van der Waals surface area contributed by atoms with Gasteiger partial charge in [0.15, 0.2) is 0 Å². The molecule has 1 saturated heterocycles. The summed E-state index contributed by atoms with van der Waals surface area (Å²) in [6.45, 7) is 2.04. The lowest BCUT2D eigenvalue weighted by Crippen LogP contribution is -2.36. The minimum Gasteiger partial charge on any atom is -0.508 e. The molecule has 0 bridgehead atoms. The van der Waals surface area contributed by atoms with Crippen molar-refractivity contribution < 1.29 is 24.2 Å². The van der Waals surface area contributed by atoms with Crippen molar-refractivity contribution in [3.05, 3.63) is 77.5 Å².